The average molecular weight is 271 g/mol. The molecular formula is C15H17N3O2. The maximum atomic E-state index is 12.4. The number of amides is 2. The first-order valence-corrected chi connectivity index (χ1v) is 7.14. The maximum Gasteiger partial charge on any atom is 0.276 e. The van der Waals surface area contributed by atoms with Gasteiger partial charge in [0.15, 0.2) is 0 Å². The smallest absolute Gasteiger partial charge is 0.276 e. The molecular weight excluding hydrogens is 254 g/mol. The summed E-state index contributed by atoms with van der Waals surface area (Å²) in [5, 5.41) is 6.69. The number of hydrogen-bond donors (Lipinski definition) is 1. The van der Waals surface area contributed by atoms with Crippen LogP contribution in [0, 0.1) is 5.41 Å². The first kappa shape index (κ1) is 12.1. The van der Waals surface area contributed by atoms with E-state index in [9.17, 15) is 9.59 Å². The summed E-state index contributed by atoms with van der Waals surface area (Å²) in [6.07, 6.45) is 2.18. The van der Waals surface area contributed by atoms with Crippen LogP contribution in [0.4, 0.5) is 0 Å². The standard InChI is InChI=1S/C15H17N3O2/c19-13-11-3-1-2-4-12(11)14(20)18(13)17-8-6-15(10-17)5-7-16-9-15/h1-4,16H,5-10H2. The minimum Gasteiger partial charge on any atom is -0.316 e. The van der Waals surface area contributed by atoms with Crippen molar-refractivity contribution in [1.29, 1.82) is 0 Å². The molecule has 1 aromatic rings. The fourth-order valence-electron chi connectivity index (χ4n) is 3.66. The van der Waals surface area contributed by atoms with Gasteiger partial charge in [-0.25, -0.2) is 10.0 Å². The molecule has 0 aromatic heterocycles. The third-order valence-electron chi connectivity index (χ3n) is 4.81. The zero-order valence-electron chi connectivity index (χ0n) is 11.3. The topological polar surface area (TPSA) is 52.7 Å². The molecule has 104 valence electrons. The molecule has 0 aliphatic carbocycles. The molecule has 2 amide bonds. The van der Waals surface area contributed by atoms with Crippen LogP contribution in [-0.4, -0.2) is 48.0 Å². The first-order chi connectivity index (χ1) is 9.70. The Morgan fingerprint density at radius 2 is 1.75 bits per heavy atom. The highest BCUT2D eigenvalue weighted by molar-refractivity contribution is 6.20. The van der Waals surface area contributed by atoms with Crippen LogP contribution in [0.5, 0.6) is 0 Å². The number of benzene rings is 1. The average Bonchev–Trinajstić information content (AvgIpc) is 3.14. The lowest BCUT2D eigenvalue weighted by molar-refractivity contribution is 0.00806. The van der Waals surface area contributed by atoms with Crippen molar-refractivity contribution in [3.05, 3.63) is 35.4 Å². The predicted molar refractivity (Wildman–Crippen MR) is 73.1 cm³/mol. The number of carbonyl (C=O) groups excluding carboxylic acids is 2. The van der Waals surface area contributed by atoms with Crippen molar-refractivity contribution in [3.63, 3.8) is 0 Å². The lowest BCUT2D eigenvalue weighted by atomic mass is 9.87. The monoisotopic (exact) mass is 271 g/mol. The highest BCUT2D eigenvalue weighted by Gasteiger charge is 2.47. The van der Waals surface area contributed by atoms with Crippen LogP contribution in [0.3, 0.4) is 0 Å². The van der Waals surface area contributed by atoms with Gasteiger partial charge < -0.3 is 5.32 Å². The predicted octanol–water partition coefficient (Wildman–Crippen LogP) is 0.883. The summed E-state index contributed by atoms with van der Waals surface area (Å²) in [6, 6.07) is 7.08. The Bertz CT molecular complexity index is 558. The van der Waals surface area contributed by atoms with Crippen LogP contribution in [0.2, 0.25) is 0 Å². The Kier molecular flexibility index (Phi) is 2.49. The van der Waals surface area contributed by atoms with Crippen LogP contribution in [0.1, 0.15) is 33.6 Å². The zero-order valence-corrected chi connectivity index (χ0v) is 11.3. The van der Waals surface area contributed by atoms with Crippen LogP contribution >= 0.6 is 0 Å². The van der Waals surface area contributed by atoms with Crippen molar-refractivity contribution in [2.75, 3.05) is 26.2 Å². The van der Waals surface area contributed by atoms with E-state index in [1.54, 1.807) is 24.3 Å². The maximum absolute atomic E-state index is 12.4. The summed E-state index contributed by atoms with van der Waals surface area (Å²) >= 11 is 0. The second-order valence-corrected chi connectivity index (χ2v) is 6.03. The number of nitrogens with zero attached hydrogens (tertiary/aromatic N) is 2. The van der Waals surface area contributed by atoms with Gasteiger partial charge in [-0.3, -0.25) is 9.59 Å². The Morgan fingerprint density at radius 3 is 2.35 bits per heavy atom. The van der Waals surface area contributed by atoms with Gasteiger partial charge in [-0.05, 0) is 36.9 Å². The summed E-state index contributed by atoms with van der Waals surface area (Å²) in [5.41, 5.74) is 1.31. The van der Waals surface area contributed by atoms with Crippen molar-refractivity contribution in [1.82, 2.24) is 15.3 Å². The number of hydrazine groups is 1. The highest BCUT2D eigenvalue weighted by Crippen LogP contribution is 2.38. The van der Waals surface area contributed by atoms with Gasteiger partial charge >= 0.3 is 0 Å². The zero-order chi connectivity index (χ0) is 13.7. The number of fused-ring (bicyclic) bond motifs is 1. The summed E-state index contributed by atoms with van der Waals surface area (Å²) in [7, 11) is 0. The van der Waals surface area contributed by atoms with Crippen LogP contribution < -0.4 is 5.32 Å². The van der Waals surface area contributed by atoms with E-state index in [2.05, 4.69) is 5.32 Å². The van der Waals surface area contributed by atoms with Crippen LogP contribution in [-0.2, 0) is 0 Å². The molecule has 2 saturated heterocycles. The Morgan fingerprint density at radius 1 is 1.05 bits per heavy atom. The first-order valence-electron chi connectivity index (χ1n) is 7.14. The molecule has 0 radical (unpaired) electrons. The Balaban J connectivity index is 1.62. The Hall–Kier alpha value is -1.72. The summed E-state index contributed by atoms with van der Waals surface area (Å²) in [4.78, 5) is 24.9. The number of nitrogens with one attached hydrogen (secondary N) is 1. The highest BCUT2D eigenvalue weighted by atomic mass is 16.2. The van der Waals surface area contributed by atoms with Crippen molar-refractivity contribution in [3.8, 4) is 0 Å². The summed E-state index contributed by atoms with van der Waals surface area (Å²) in [5.74, 6) is -0.345. The quantitative estimate of drug-likeness (QED) is 0.771. The molecule has 0 saturated carbocycles. The Labute approximate surface area is 117 Å². The fraction of sp³-hybridized carbons (Fsp3) is 0.467. The van der Waals surface area contributed by atoms with Crippen molar-refractivity contribution in [2.45, 2.75) is 12.8 Å². The minimum absolute atomic E-state index is 0.173. The molecule has 4 rings (SSSR count). The van der Waals surface area contributed by atoms with Gasteiger partial charge in [0, 0.05) is 19.6 Å². The minimum atomic E-state index is -0.173. The van der Waals surface area contributed by atoms with E-state index in [1.165, 1.54) is 5.01 Å². The van der Waals surface area contributed by atoms with E-state index >= 15 is 0 Å². The third-order valence-corrected chi connectivity index (χ3v) is 4.81. The van der Waals surface area contributed by atoms with Crippen LogP contribution in [0.15, 0.2) is 24.3 Å². The van der Waals surface area contributed by atoms with Gasteiger partial charge in [0.05, 0.1) is 11.1 Å². The van der Waals surface area contributed by atoms with Crippen molar-refractivity contribution in [2.24, 2.45) is 5.41 Å². The molecule has 1 atom stereocenters. The van der Waals surface area contributed by atoms with Crippen LogP contribution in [0.25, 0.3) is 0 Å². The molecule has 5 nitrogen and oxygen atoms in total. The second kappa shape index (κ2) is 4.14. The largest absolute Gasteiger partial charge is 0.316 e. The number of carbonyl (C=O) groups is 2. The van der Waals surface area contributed by atoms with E-state index in [0.717, 1.165) is 39.0 Å². The SMILES string of the molecule is O=C1c2ccccc2C(=O)N1N1CCC2(CCNC2)C1. The third kappa shape index (κ3) is 1.57. The second-order valence-electron chi connectivity index (χ2n) is 6.03. The molecule has 20 heavy (non-hydrogen) atoms. The molecule has 3 aliphatic rings. The number of hydrogen-bond acceptors (Lipinski definition) is 4. The van der Waals surface area contributed by atoms with E-state index in [0.29, 0.717) is 11.1 Å². The van der Waals surface area contributed by atoms with Crippen molar-refractivity contribution >= 4 is 11.8 Å². The lowest BCUT2D eigenvalue weighted by Gasteiger charge is -2.28. The molecule has 0 bridgehead atoms. The van der Waals surface area contributed by atoms with Gasteiger partial charge in [-0.2, -0.15) is 0 Å². The van der Waals surface area contributed by atoms with E-state index < -0.39 is 0 Å². The molecule has 3 aliphatic heterocycles. The molecule has 1 unspecified atom stereocenters. The van der Waals surface area contributed by atoms with E-state index in [1.807, 2.05) is 5.01 Å². The molecule has 1 aromatic carbocycles. The normalized spacial score (nSPS) is 29.7. The van der Waals surface area contributed by atoms with Crippen molar-refractivity contribution < 1.29 is 9.59 Å². The summed E-state index contributed by atoms with van der Waals surface area (Å²) in [6.45, 7) is 3.61. The number of imide groups is 1. The lowest BCUT2D eigenvalue weighted by Crippen LogP contribution is -2.46. The fourth-order valence-corrected chi connectivity index (χ4v) is 3.66. The molecule has 1 N–H and O–H groups in total. The van der Waals surface area contributed by atoms with Gasteiger partial charge in [-0.1, -0.05) is 12.1 Å². The van der Waals surface area contributed by atoms with Gasteiger partial charge in [0.2, 0.25) is 0 Å². The molecule has 3 heterocycles. The molecule has 1 spiro atoms. The number of rotatable bonds is 1. The van der Waals surface area contributed by atoms with E-state index in [-0.39, 0.29) is 17.2 Å². The van der Waals surface area contributed by atoms with Gasteiger partial charge in [-0.15, -0.1) is 0 Å². The van der Waals surface area contributed by atoms with Gasteiger partial charge in [0.1, 0.15) is 0 Å². The van der Waals surface area contributed by atoms with E-state index in [4.69, 9.17) is 0 Å². The summed E-state index contributed by atoms with van der Waals surface area (Å²) < 4.78 is 0. The molecule has 2 fully saturated rings. The molecule has 5 heteroatoms. The van der Waals surface area contributed by atoms with Gasteiger partial charge in [0.25, 0.3) is 11.8 Å².